The summed E-state index contributed by atoms with van der Waals surface area (Å²) in [5, 5.41) is 2.44. The third-order valence-electron chi connectivity index (χ3n) is 3.66. The second kappa shape index (κ2) is 8.92. The quantitative estimate of drug-likeness (QED) is 0.502. The molecule has 0 fully saturated rings. The van der Waals surface area contributed by atoms with Gasteiger partial charge in [-0.15, -0.1) is 24.5 Å². The third kappa shape index (κ3) is 4.92. The molecular weight excluding hydrogens is 393 g/mol. The Kier molecular flexibility index (Phi) is 6.85. The molecule has 1 N–H and O–H groups in total. The van der Waals surface area contributed by atoms with Crippen molar-refractivity contribution in [3.63, 3.8) is 0 Å². The number of esters is 1. The highest BCUT2D eigenvalue weighted by atomic mass is 32.1. The lowest BCUT2D eigenvalue weighted by Gasteiger charge is -2.25. The molecule has 1 amide bonds. The molecule has 0 atom stereocenters. The van der Waals surface area contributed by atoms with E-state index < -0.39 is 18.1 Å². The maximum Gasteiger partial charge on any atom is 0.471 e. The molecule has 1 aromatic carbocycles. The van der Waals surface area contributed by atoms with Crippen LogP contribution >= 0.6 is 11.3 Å². The molecule has 0 radical (unpaired) electrons. The summed E-state index contributed by atoms with van der Waals surface area (Å²) in [6, 6.07) is 4.56. The van der Waals surface area contributed by atoms with Crippen LogP contribution in [0.4, 0.5) is 24.5 Å². The summed E-state index contributed by atoms with van der Waals surface area (Å²) < 4.78 is 43.9. The first-order valence-electron chi connectivity index (χ1n) is 8.30. The molecule has 0 aliphatic carbocycles. The van der Waals surface area contributed by atoms with Gasteiger partial charge in [-0.1, -0.05) is 12.2 Å². The van der Waals surface area contributed by atoms with Crippen molar-refractivity contribution in [2.45, 2.75) is 13.1 Å². The molecule has 0 spiro atoms. The third-order valence-corrected chi connectivity index (χ3v) is 4.73. The van der Waals surface area contributed by atoms with Crippen molar-refractivity contribution in [1.29, 1.82) is 0 Å². The number of thiophene rings is 1. The largest absolute Gasteiger partial charge is 0.471 e. The zero-order valence-corrected chi connectivity index (χ0v) is 16.0. The van der Waals surface area contributed by atoms with E-state index >= 15 is 0 Å². The number of benzene rings is 1. The maximum atomic E-state index is 12.8. The van der Waals surface area contributed by atoms with Gasteiger partial charge >= 0.3 is 18.1 Å². The number of carbonyl (C=O) groups excluding carboxylic acids is 2. The number of fused-ring (bicyclic) bond motifs is 1. The predicted molar refractivity (Wildman–Crippen MR) is 105 cm³/mol. The zero-order chi connectivity index (χ0) is 20.9. The van der Waals surface area contributed by atoms with Crippen LogP contribution < -0.4 is 10.2 Å². The molecule has 1 aromatic heterocycles. The van der Waals surface area contributed by atoms with Crippen LogP contribution in [0.5, 0.6) is 0 Å². The molecule has 0 unspecified atom stereocenters. The van der Waals surface area contributed by atoms with Gasteiger partial charge in [0.15, 0.2) is 0 Å². The van der Waals surface area contributed by atoms with E-state index in [0.29, 0.717) is 33.7 Å². The minimum atomic E-state index is -5.03. The number of nitrogens with zero attached hydrogens (tertiary/aromatic N) is 1. The number of hydrogen-bond donors (Lipinski definition) is 1. The Hall–Kier alpha value is -2.81. The van der Waals surface area contributed by atoms with E-state index in [1.54, 1.807) is 30.0 Å². The van der Waals surface area contributed by atoms with E-state index in [1.807, 2.05) is 5.32 Å². The molecule has 150 valence electrons. The average molecular weight is 412 g/mol. The number of amides is 1. The van der Waals surface area contributed by atoms with E-state index in [9.17, 15) is 22.8 Å². The van der Waals surface area contributed by atoms with Crippen LogP contribution in [0.3, 0.4) is 0 Å². The molecule has 0 saturated carbocycles. The predicted octanol–water partition coefficient (Wildman–Crippen LogP) is 4.76. The van der Waals surface area contributed by atoms with Crippen molar-refractivity contribution < 1.29 is 27.5 Å². The SMILES string of the molecule is C=CCN(CC=C)c1cc2sc(C(=O)OCC)cc2cc1NC(=O)C(F)(F)F. The Morgan fingerprint density at radius 2 is 1.86 bits per heavy atom. The van der Waals surface area contributed by atoms with E-state index in [-0.39, 0.29) is 12.3 Å². The molecule has 5 nitrogen and oxygen atoms in total. The smallest absolute Gasteiger partial charge is 0.462 e. The number of ether oxygens (including phenoxy) is 1. The maximum absolute atomic E-state index is 12.8. The van der Waals surface area contributed by atoms with Crippen LogP contribution in [0.2, 0.25) is 0 Å². The van der Waals surface area contributed by atoms with Gasteiger partial charge in [-0.2, -0.15) is 13.2 Å². The number of nitrogens with one attached hydrogen (secondary N) is 1. The summed E-state index contributed by atoms with van der Waals surface area (Å²) in [4.78, 5) is 25.5. The van der Waals surface area contributed by atoms with Crippen molar-refractivity contribution in [1.82, 2.24) is 0 Å². The van der Waals surface area contributed by atoms with Gasteiger partial charge in [0.2, 0.25) is 0 Å². The van der Waals surface area contributed by atoms with E-state index in [2.05, 4.69) is 13.2 Å². The molecule has 28 heavy (non-hydrogen) atoms. The summed E-state index contributed by atoms with van der Waals surface area (Å²) >= 11 is 1.16. The number of anilines is 2. The zero-order valence-electron chi connectivity index (χ0n) is 15.1. The minimum absolute atomic E-state index is 0.0215. The average Bonchev–Trinajstić information content (AvgIpc) is 3.03. The molecule has 0 aliphatic heterocycles. The summed E-state index contributed by atoms with van der Waals surface area (Å²) in [7, 11) is 0. The van der Waals surface area contributed by atoms with Crippen LogP contribution in [-0.4, -0.2) is 37.7 Å². The highest BCUT2D eigenvalue weighted by molar-refractivity contribution is 7.20. The van der Waals surface area contributed by atoms with Crippen molar-refractivity contribution in [2.24, 2.45) is 0 Å². The highest BCUT2D eigenvalue weighted by Crippen LogP contribution is 2.37. The summed E-state index contributed by atoms with van der Waals surface area (Å²) in [6.07, 6.45) is -1.86. The Morgan fingerprint density at radius 1 is 1.21 bits per heavy atom. The van der Waals surface area contributed by atoms with Gasteiger partial charge in [0.1, 0.15) is 4.88 Å². The minimum Gasteiger partial charge on any atom is -0.462 e. The molecule has 9 heteroatoms. The summed E-state index contributed by atoms with van der Waals surface area (Å²) in [5.74, 6) is -2.59. The second-order valence-corrected chi connectivity index (χ2v) is 6.76. The van der Waals surface area contributed by atoms with Crippen molar-refractivity contribution in [3.8, 4) is 0 Å². The highest BCUT2D eigenvalue weighted by Gasteiger charge is 2.39. The Bertz CT molecular complexity index is 896. The monoisotopic (exact) mass is 412 g/mol. The van der Waals surface area contributed by atoms with Crippen LogP contribution in [-0.2, 0) is 9.53 Å². The van der Waals surface area contributed by atoms with Crippen LogP contribution in [0.15, 0.2) is 43.5 Å². The van der Waals surface area contributed by atoms with Gasteiger partial charge in [0.05, 0.1) is 18.0 Å². The normalized spacial score (nSPS) is 11.1. The first kappa shape index (κ1) is 21.5. The lowest BCUT2D eigenvalue weighted by molar-refractivity contribution is -0.167. The molecule has 0 aliphatic rings. The van der Waals surface area contributed by atoms with E-state index in [0.717, 1.165) is 11.3 Å². The second-order valence-electron chi connectivity index (χ2n) is 5.67. The molecule has 2 rings (SSSR count). The topological polar surface area (TPSA) is 58.6 Å². The van der Waals surface area contributed by atoms with Gasteiger partial charge in [-0.05, 0) is 30.5 Å². The van der Waals surface area contributed by atoms with Gasteiger partial charge in [-0.3, -0.25) is 4.79 Å². The summed E-state index contributed by atoms with van der Waals surface area (Å²) in [6.45, 7) is 9.82. The number of hydrogen-bond acceptors (Lipinski definition) is 5. The van der Waals surface area contributed by atoms with Gasteiger partial charge in [-0.25, -0.2) is 4.79 Å². The number of carbonyl (C=O) groups is 2. The van der Waals surface area contributed by atoms with Gasteiger partial charge in [0.25, 0.3) is 0 Å². The molecule has 1 heterocycles. The van der Waals surface area contributed by atoms with E-state index in [4.69, 9.17) is 4.74 Å². The summed E-state index contributed by atoms with van der Waals surface area (Å²) in [5.41, 5.74) is 0.342. The van der Waals surface area contributed by atoms with Crippen LogP contribution in [0, 0.1) is 0 Å². The first-order chi connectivity index (χ1) is 13.2. The fraction of sp³-hybridized carbons (Fsp3) is 0.263. The number of rotatable bonds is 8. The number of halogens is 3. The van der Waals surface area contributed by atoms with Crippen LogP contribution in [0.25, 0.3) is 10.1 Å². The van der Waals surface area contributed by atoms with Gasteiger partial charge in [0, 0.05) is 17.8 Å². The molecular formula is C19H19F3N2O3S. The van der Waals surface area contributed by atoms with Crippen LogP contribution in [0.1, 0.15) is 16.6 Å². The lowest BCUT2D eigenvalue weighted by Crippen LogP contribution is -2.31. The molecule has 2 aromatic rings. The van der Waals surface area contributed by atoms with Crippen molar-refractivity contribution in [3.05, 3.63) is 48.4 Å². The van der Waals surface area contributed by atoms with Crippen molar-refractivity contribution in [2.75, 3.05) is 29.9 Å². The Morgan fingerprint density at radius 3 is 2.39 bits per heavy atom. The standard InChI is InChI=1S/C19H19F3N2O3S/c1-4-7-24(8-5-2)14-11-15-12(10-16(28-15)17(25)27-6-3)9-13(14)23-18(26)19(20,21)22/h4-5,9-11H,1-2,6-8H2,3H3,(H,23,26). The molecule has 0 bridgehead atoms. The molecule has 0 saturated heterocycles. The fourth-order valence-electron chi connectivity index (χ4n) is 2.52. The lowest BCUT2D eigenvalue weighted by atomic mass is 10.1. The van der Waals surface area contributed by atoms with Gasteiger partial charge < -0.3 is 15.0 Å². The van der Waals surface area contributed by atoms with Crippen molar-refractivity contribution >= 4 is 44.7 Å². The Labute approximate surface area is 164 Å². The Balaban J connectivity index is 2.58. The van der Waals surface area contributed by atoms with E-state index in [1.165, 1.54) is 12.1 Å². The first-order valence-corrected chi connectivity index (χ1v) is 9.12. The fourth-order valence-corrected chi connectivity index (χ4v) is 3.49. The number of alkyl halides is 3.